The summed E-state index contributed by atoms with van der Waals surface area (Å²) in [6.45, 7) is 2.75. The number of aromatic nitrogens is 2. The van der Waals surface area contributed by atoms with Crippen molar-refractivity contribution in [3.8, 4) is 5.75 Å². The molecule has 1 aromatic carbocycles. The van der Waals surface area contributed by atoms with Gasteiger partial charge in [0.25, 0.3) is 0 Å². The zero-order valence-corrected chi connectivity index (χ0v) is 8.01. The standard InChI is InChI=1S/C11H12N2O/c1-9-2-4-10(5-3-9)7-13-8-11(14)6-12-13/h2-6,8,14H,7H2,1H3. The summed E-state index contributed by atoms with van der Waals surface area (Å²) >= 11 is 0. The number of hydrogen-bond acceptors (Lipinski definition) is 2. The lowest BCUT2D eigenvalue weighted by Crippen LogP contribution is -1.99. The Morgan fingerprint density at radius 3 is 2.57 bits per heavy atom. The maximum absolute atomic E-state index is 9.09. The first-order valence-corrected chi connectivity index (χ1v) is 4.51. The van der Waals surface area contributed by atoms with Gasteiger partial charge in [-0.05, 0) is 12.5 Å². The van der Waals surface area contributed by atoms with E-state index in [1.807, 2.05) is 0 Å². The van der Waals surface area contributed by atoms with E-state index in [9.17, 15) is 0 Å². The quantitative estimate of drug-likeness (QED) is 0.782. The molecule has 2 aromatic rings. The van der Waals surface area contributed by atoms with Gasteiger partial charge in [0, 0.05) is 0 Å². The summed E-state index contributed by atoms with van der Waals surface area (Å²) in [5, 5.41) is 13.1. The van der Waals surface area contributed by atoms with Crippen molar-refractivity contribution in [2.24, 2.45) is 0 Å². The zero-order chi connectivity index (χ0) is 9.97. The molecule has 1 N–H and O–H groups in total. The largest absolute Gasteiger partial charge is 0.505 e. The van der Waals surface area contributed by atoms with E-state index in [4.69, 9.17) is 5.11 Å². The van der Waals surface area contributed by atoms with Crippen LogP contribution in [0.5, 0.6) is 5.75 Å². The average molecular weight is 188 g/mol. The third kappa shape index (κ3) is 1.93. The first-order chi connectivity index (χ1) is 6.74. The van der Waals surface area contributed by atoms with E-state index in [0.29, 0.717) is 6.54 Å². The topological polar surface area (TPSA) is 38.0 Å². The van der Waals surface area contributed by atoms with Gasteiger partial charge in [-0.3, -0.25) is 4.68 Å². The highest BCUT2D eigenvalue weighted by Crippen LogP contribution is 2.08. The van der Waals surface area contributed by atoms with Crippen molar-refractivity contribution in [1.29, 1.82) is 0 Å². The monoisotopic (exact) mass is 188 g/mol. The van der Waals surface area contributed by atoms with Gasteiger partial charge in [0.15, 0.2) is 5.75 Å². The molecule has 0 bridgehead atoms. The highest BCUT2D eigenvalue weighted by molar-refractivity contribution is 5.21. The SMILES string of the molecule is Cc1ccc(Cn2cc(O)cn2)cc1. The second-order valence-corrected chi connectivity index (χ2v) is 3.38. The molecule has 0 aliphatic carbocycles. The number of aryl methyl sites for hydroxylation is 1. The molecule has 72 valence electrons. The molecule has 0 aliphatic heterocycles. The fourth-order valence-electron chi connectivity index (χ4n) is 1.32. The normalized spacial score (nSPS) is 10.4. The highest BCUT2D eigenvalue weighted by Gasteiger charge is 1.97. The van der Waals surface area contributed by atoms with Crippen LogP contribution in [-0.4, -0.2) is 14.9 Å². The van der Waals surface area contributed by atoms with Crippen molar-refractivity contribution < 1.29 is 5.11 Å². The van der Waals surface area contributed by atoms with Crippen molar-refractivity contribution >= 4 is 0 Å². The van der Waals surface area contributed by atoms with Crippen LogP contribution in [0.25, 0.3) is 0 Å². The maximum Gasteiger partial charge on any atom is 0.153 e. The predicted octanol–water partition coefficient (Wildman–Crippen LogP) is 1.95. The van der Waals surface area contributed by atoms with Crippen molar-refractivity contribution in [2.75, 3.05) is 0 Å². The number of hydrogen-bond donors (Lipinski definition) is 1. The van der Waals surface area contributed by atoms with E-state index < -0.39 is 0 Å². The molecule has 0 fully saturated rings. The minimum atomic E-state index is 0.206. The Hall–Kier alpha value is -1.77. The molecule has 0 saturated heterocycles. The van der Waals surface area contributed by atoms with Gasteiger partial charge < -0.3 is 5.11 Å². The number of rotatable bonds is 2. The van der Waals surface area contributed by atoms with Gasteiger partial charge in [0.1, 0.15) is 0 Å². The molecular weight excluding hydrogens is 176 g/mol. The summed E-state index contributed by atoms with van der Waals surface area (Å²) in [7, 11) is 0. The van der Waals surface area contributed by atoms with Gasteiger partial charge in [-0.1, -0.05) is 29.8 Å². The molecule has 0 radical (unpaired) electrons. The molecule has 0 spiro atoms. The van der Waals surface area contributed by atoms with Crippen molar-refractivity contribution in [1.82, 2.24) is 9.78 Å². The van der Waals surface area contributed by atoms with E-state index in [0.717, 1.165) is 0 Å². The van der Waals surface area contributed by atoms with Crippen LogP contribution in [-0.2, 0) is 6.54 Å². The van der Waals surface area contributed by atoms with Gasteiger partial charge in [-0.25, -0.2) is 0 Å². The summed E-state index contributed by atoms with van der Waals surface area (Å²) in [5.74, 6) is 0.206. The lowest BCUT2D eigenvalue weighted by molar-refractivity contribution is 0.474. The molecule has 14 heavy (non-hydrogen) atoms. The number of benzene rings is 1. The minimum Gasteiger partial charge on any atom is -0.505 e. The Kier molecular flexibility index (Phi) is 2.23. The first-order valence-electron chi connectivity index (χ1n) is 4.51. The van der Waals surface area contributed by atoms with Gasteiger partial charge in [-0.15, -0.1) is 0 Å². The summed E-state index contributed by atoms with van der Waals surface area (Å²) < 4.78 is 1.71. The fraction of sp³-hybridized carbons (Fsp3) is 0.182. The summed E-state index contributed by atoms with van der Waals surface area (Å²) in [4.78, 5) is 0. The second kappa shape index (κ2) is 3.54. The van der Waals surface area contributed by atoms with Crippen molar-refractivity contribution in [3.05, 3.63) is 47.8 Å². The van der Waals surface area contributed by atoms with E-state index in [2.05, 4.69) is 36.3 Å². The van der Waals surface area contributed by atoms with Gasteiger partial charge >= 0.3 is 0 Å². The average Bonchev–Trinajstić information content (AvgIpc) is 2.56. The van der Waals surface area contributed by atoms with Crippen LogP contribution in [0.15, 0.2) is 36.7 Å². The highest BCUT2D eigenvalue weighted by atomic mass is 16.3. The van der Waals surface area contributed by atoms with E-state index in [1.54, 1.807) is 10.9 Å². The van der Waals surface area contributed by atoms with E-state index >= 15 is 0 Å². The van der Waals surface area contributed by atoms with E-state index in [-0.39, 0.29) is 5.75 Å². The summed E-state index contributed by atoms with van der Waals surface area (Å²) in [5.41, 5.74) is 2.43. The molecule has 2 rings (SSSR count). The molecule has 1 heterocycles. The maximum atomic E-state index is 9.09. The molecule has 0 amide bonds. The van der Waals surface area contributed by atoms with Crippen LogP contribution in [0.4, 0.5) is 0 Å². The molecule has 0 saturated carbocycles. The second-order valence-electron chi connectivity index (χ2n) is 3.38. The van der Waals surface area contributed by atoms with Crippen LogP contribution >= 0.6 is 0 Å². The Labute approximate surface area is 82.6 Å². The molecule has 3 heteroatoms. The van der Waals surface area contributed by atoms with Crippen molar-refractivity contribution in [3.63, 3.8) is 0 Å². The van der Waals surface area contributed by atoms with Crippen LogP contribution in [0.1, 0.15) is 11.1 Å². The van der Waals surface area contributed by atoms with Gasteiger partial charge in [0.05, 0.1) is 18.9 Å². The lowest BCUT2D eigenvalue weighted by Gasteiger charge is -2.01. The Morgan fingerprint density at radius 1 is 1.29 bits per heavy atom. The predicted molar refractivity (Wildman–Crippen MR) is 54.2 cm³/mol. The van der Waals surface area contributed by atoms with Crippen molar-refractivity contribution in [2.45, 2.75) is 13.5 Å². The van der Waals surface area contributed by atoms with Crippen LogP contribution < -0.4 is 0 Å². The Bertz CT molecular complexity index is 417. The number of aromatic hydroxyl groups is 1. The minimum absolute atomic E-state index is 0.206. The third-order valence-corrected chi connectivity index (χ3v) is 2.08. The summed E-state index contributed by atoms with van der Waals surface area (Å²) in [6, 6.07) is 8.26. The third-order valence-electron chi connectivity index (χ3n) is 2.08. The molecule has 0 atom stereocenters. The zero-order valence-electron chi connectivity index (χ0n) is 8.01. The first kappa shape index (κ1) is 8.81. The Balaban J connectivity index is 2.15. The van der Waals surface area contributed by atoms with Crippen LogP contribution in [0.3, 0.4) is 0 Å². The fourth-order valence-corrected chi connectivity index (χ4v) is 1.32. The lowest BCUT2D eigenvalue weighted by atomic mass is 10.1. The number of nitrogens with zero attached hydrogens (tertiary/aromatic N) is 2. The molecular formula is C11H12N2O. The Morgan fingerprint density at radius 2 is 2.00 bits per heavy atom. The van der Waals surface area contributed by atoms with Gasteiger partial charge in [0.2, 0.25) is 0 Å². The smallest absolute Gasteiger partial charge is 0.153 e. The molecule has 1 aromatic heterocycles. The molecule has 0 unspecified atom stereocenters. The summed E-state index contributed by atoms with van der Waals surface area (Å²) in [6.07, 6.45) is 3.05. The molecule has 3 nitrogen and oxygen atoms in total. The van der Waals surface area contributed by atoms with E-state index in [1.165, 1.54) is 17.3 Å². The van der Waals surface area contributed by atoms with Crippen LogP contribution in [0, 0.1) is 6.92 Å². The van der Waals surface area contributed by atoms with Gasteiger partial charge in [-0.2, -0.15) is 5.10 Å². The van der Waals surface area contributed by atoms with Crippen LogP contribution in [0.2, 0.25) is 0 Å². The molecule has 0 aliphatic rings.